The lowest BCUT2D eigenvalue weighted by atomic mass is 10.1. The van der Waals surface area contributed by atoms with E-state index in [1.54, 1.807) is 14.2 Å². The average molecular weight is 253 g/mol. The molecule has 0 aliphatic carbocycles. The number of aromatic nitrogens is 1. The Morgan fingerprint density at radius 1 is 1.19 bits per heavy atom. The summed E-state index contributed by atoms with van der Waals surface area (Å²) in [5.41, 5.74) is 1.89. The van der Waals surface area contributed by atoms with Crippen molar-refractivity contribution >= 4 is 24.0 Å². The minimum atomic E-state index is 0.703. The van der Waals surface area contributed by atoms with Crippen LogP contribution in [0.15, 0.2) is 27.9 Å². The number of hydrogen-bond acceptors (Lipinski definition) is 5. The first-order valence-electron chi connectivity index (χ1n) is 4.61. The van der Waals surface area contributed by atoms with Gasteiger partial charge in [0.1, 0.15) is 4.34 Å². The van der Waals surface area contributed by atoms with E-state index in [-0.39, 0.29) is 0 Å². The molecule has 0 aliphatic heterocycles. The predicted octanol–water partition coefficient (Wildman–Crippen LogP) is 3.12. The third-order valence-electron chi connectivity index (χ3n) is 2.17. The third-order valence-corrected chi connectivity index (χ3v) is 3.23. The Balaban J connectivity index is 2.43. The number of methoxy groups -OCH3 is 2. The maximum atomic E-state index is 5.24. The van der Waals surface area contributed by atoms with Gasteiger partial charge in [-0.2, -0.15) is 0 Å². The largest absolute Gasteiger partial charge is 0.493 e. The van der Waals surface area contributed by atoms with Gasteiger partial charge in [-0.25, -0.2) is 4.98 Å². The van der Waals surface area contributed by atoms with E-state index >= 15 is 0 Å². The van der Waals surface area contributed by atoms with Crippen LogP contribution in [0.2, 0.25) is 0 Å². The van der Waals surface area contributed by atoms with Crippen molar-refractivity contribution in [3.05, 3.63) is 23.6 Å². The summed E-state index contributed by atoms with van der Waals surface area (Å²) >= 11 is 5.70. The molecule has 0 atom stereocenters. The molecule has 5 heteroatoms. The van der Waals surface area contributed by atoms with Crippen LogP contribution in [0.5, 0.6) is 11.5 Å². The minimum absolute atomic E-state index is 0.703. The highest BCUT2D eigenvalue weighted by Gasteiger charge is 2.08. The minimum Gasteiger partial charge on any atom is -0.493 e. The molecule has 0 saturated carbocycles. The van der Waals surface area contributed by atoms with Gasteiger partial charge in [0.2, 0.25) is 0 Å². The van der Waals surface area contributed by atoms with Crippen LogP contribution >= 0.6 is 24.0 Å². The highest BCUT2D eigenvalue weighted by atomic mass is 32.2. The Labute approximate surface area is 103 Å². The monoisotopic (exact) mass is 253 g/mol. The quantitative estimate of drug-likeness (QED) is 0.853. The van der Waals surface area contributed by atoms with Gasteiger partial charge in [0.25, 0.3) is 0 Å². The molecule has 84 valence electrons. The second kappa shape index (κ2) is 4.76. The molecule has 0 radical (unpaired) electrons. The third kappa shape index (κ3) is 2.15. The van der Waals surface area contributed by atoms with E-state index in [2.05, 4.69) is 17.6 Å². The van der Waals surface area contributed by atoms with E-state index < -0.39 is 0 Å². The van der Waals surface area contributed by atoms with Gasteiger partial charge in [-0.05, 0) is 18.2 Å². The molecule has 3 nitrogen and oxygen atoms in total. The standard InChI is InChI=1S/C11H11NO2S2/c1-13-9-4-3-7(5-10(9)14-2)8-6-16-11(15)12-8/h3-6H,1-2H3,(H,12,15). The molecule has 0 spiro atoms. The lowest BCUT2D eigenvalue weighted by Gasteiger charge is -2.08. The first-order valence-corrected chi connectivity index (χ1v) is 5.94. The maximum Gasteiger partial charge on any atom is 0.161 e. The molecule has 2 rings (SSSR count). The van der Waals surface area contributed by atoms with Gasteiger partial charge in [-0.1, -0.05) is 0 Å². The van der Waals surface area contributed by atoms with Crippen LogP contribution in [0.3, 0.4) is 0 Å². The second-order valence-electron chi connectivity index (χ2n) is 3.09. The Morgan fingerprint density at radius 3 is 2.50 bits per heavy atom. The van der Waals surface area contributed by atoms with E-state index in [0.717, 1.165) is 15.6 Å². The van der Waals surface area contributed by atoms with Crippen LogP contribution in [-0.4, -0.2) is 19.2 Å². The summed E-state index contributed by atoms with van der Waals surface area (Å²) in [6.07, 6.45) is 0. The van der Waals surface area contributed by atoms with Crippen molar-refractivity contribution in [2.24, 2.45) is 0 Å². The Kier molecular flexibility index (Phi) is 3.36. The van der Waals surface area contributed by atoms with Crippen molar-refractivity contribution in [1.82, 2.24) is 4.98 Å². The molecule has 16 heavy (non-hydrogen) atoms. The van der Waals surface area contributed by atoms with Crippen LogP contribution in [0, 0.1) is 0 Å². The summed E-state index contributed by atoms with van der Waals surface area (Å²) in [4.78, 5) is 4.30. The van der Waals surface area contributed by atoms with Gasteiger partial charge >= 0.3 is 0 Å². The predicted molar refractivity (Wildman–Crippen MR) is 67.9 cm³/mol. The van der Waals surface area contributed by atoms with Crippen LogP contribution in [0.1, 0.15) is 0 Å². The molecule has 2 aromatic rings. The van der Waals surface area contributed by atoms with Crippen LogP contribution in [-0.2, 0) is 0 Å². The van der Waals surface area contributed by atoms with E-state index in [1.165, 1.54) is 11.3 Å². The molecule has 0 unspecified atom stereocenters. The zero-order valence-electron chi connectivity index (χ0n) is 8.93. The summed E-state index contributed by atoms with van der Waals surface area (Å²) < 4.78 is 11.2. The lowest BCUT2D eigenvalue weighted by molar-refractivity contribution is 0.355. The molecule has 1 aromatic carbocycles. The zero-order valence-corrected chi connectivity index (χ0v) is 10.6. The highest BCUT2D eigenvalue weighted by molar-refractivity contribution is 7.82. The van der Waals surface area contributed by atoms with Crippen LogP contribution in [0.4, 0.5) is 0 Å². The molecule has 0 amide bonds. The summed E-state index contributed by atoms with van der Waals surface area (Å²) in [5.74, 6) is 1.42. The second-order valence-corrected chi connectivity index (χ2v) is 4.67. The number of ether oxygens (including phenoxy) is 2. The zero-order chi connectivity index (χ0) is 11.5. The summed E-state index contributed by atoms with van der Waals surface area (Å²) in [6.45, 7) is 0. The summed E-state index contributed by atoms with van der Waals surface area (Å²) in [6, 6.07) is 5.72. The molecule has 1 aromatic heterocycles. The smallest absolute Gasteiger partial charge is 0.161 e. The van der Waals surface area contributed by atoms with Gasteiger partial charge in [0.05, 0.1) is 19.9 Å². The molecular formula is C11H11NO2S2. The Morgan fingerprint density at radius 2 is 1.94 bits per heavy atom. The fourth-order valence-corrected chi connectivity index (χ4v) is 2.22. The fourth-order valence-electron chi connectivity index (χ4n) is 1.39. The van der Waals surface area contributed by atoms with Crippen LogP contribution < -0.4 is 9.47 Å². The first-order chi connectivity index (χ1) is 7.74. The highest BCUT2D eigenvalue weighted by Crippen LogP contribution is 2.32. The number of thiazole rings is 1. The average Bonchev–Trinajstić information content (AvgIpc) is 2.75. The van der Waals surface area contributed by atoms with Crippen molar-refractivity contribution in [2.75, 3.05) is 14.2 Å². The van der Waals surface area contributed by atoms with Crippen molar-refractivity contribution < 1.29 is 9.47 Å². The molecule has 0 fully saturated rings. The van der Waals surface area contributed by atoms with Gasteiger partial charge < -0.3 is 9.47 Å². The van der Waals surface area contributed by atoms with E-state index in [4.69, 9.17) is 9.47 Å². The van der Waals surface area contributed by atoms with Gasteiger partial charge in [0.15, 0.2) is 11.5 Å². The van der Waals surface area contributed by atoms with Crippen molar-refractivity contribution in [2.45, 2.75) is 4.34 Å². The number of thiol groups is 1. The molecular weight excluding hydrogens is 242 g/mol. The van der Waals surface area contributed by atoms with Crippen molar-refractivity contribution in [3.8, 4) is 22.8 Å². The van der Waals surface area contributed by atoms with E-state index in [0.29, 0.717) is 11.5 Å². The molecule has 0 saturated heterocycles. The first kappa shape index (κ1) is 11.3. The number of rotatable bonds is 3. The SMILES string of the molecule is COc1ccc(-c2csc(S)n2)cc1OC. The van der Waals surface area contributed by atoms with Crippen molar-refractivity contribution in [3.63, 3.8) is 0 Å². The molecule has 0 N–H and O–H groups in total. The Hall–Kier alpha value is -1.20. The maximum absolute atomic E-state index is 5.24. The summed E-state index contributed by atoms with van der Waals surface area (Å²) in [7, 11) is 3.24. The lowest BCUT2D eigenvalue weighted by Crippen LogP contribution is -1.90. The van der Waals surface area contributed by atoms with Gasteiger partial charge in [0, 0.05) is 10.9 Å². The summed E-state index contributed by atoms with van der Waals surface area (Å²) in [5, 5.41) is 1.96. The number of hydrogen-bond donors (Lipinski definition) is 1. The van der Waals surface area contributed by atoms with Crippen molar-refractivity contribution in [1.29, 1.82) is 0 Å². The van der Waals surface area contributed by atoms with E-state index in [1.807, 2.05) is 23.6 Å². The number of nitrogens with zero attached hydrogens (tertiary/aromatic N) is 1. The topological polar surface area (TPSA) is 31.4 Å². The number of benzene rings is 1. The fraction of sp³-hybridized carbons (Fsp3) is 0.182. The van der Waals surface area contributed by atoms with Gasteiger partial charge in [-0.15, -0.1) is 24.0 Å². The van der Waals surface area contributed by atoms with Gasteiger partial charge in [-0.3, -0.25) is 0 Å². The molecule has 0 bridgehead atoms. The molecule has 0 aliphatic rings. The van der Waals surface area contributed by atoms with Crippen LogP contribution in [0.25, 0.3) is 11.3 Å². The normalized spacial score (nSPS) is 10.2. The molecule has 1 heterocycles. The Bertz CT molecular complexity index is 496. The van der Waals surface area contributed by atoms with E-state index in [9.17, 15) is 0 Å².